The first-order chi connectivity index (χ1) is 12.0. The molecule has 1 atom stereocenters. The monoisotopic (exact) mass is 380 g/mol. The maximum absolute atomic E-state index is 12.0. The lowest BCUT2D eigenvalue weighted by Crippen LogP contribution is -2.42. The molecular weight excluding hydrogens is 363 g/mol. The van der Waals surface area contributed by atoms with Crippen LogP contribution in [0.2, 0.25) is 10.0 Å². The molecule has 0 radical (unpaired) electrons. The first kappa shape index (κ1) is 19.1. The molecule has 0 aliphatic carbocycles. The highest BCUT2D eigenvalue weighted by Gasteiger charge is 2.13. The standard InChI is InChI=1S/C18H18Cl2N2O3/c1-12(13-5-3-2-4-6-13)9-10-25-18(24)22-21-17(23)15-11-14(19)7-8-16(15)20/h2-8,11-12H,9-10H2,1H3,(H,21,23)(H,22,24). The van der Waals surface area contributed by atoms with Crippen LogP contribution in [0, 0.1) is 0 Å². The number of ether oxygens (including phenoxy) is 1. The molecule has 0 spiro atoms. The van der Waals surface area contributed by atoms with Gasteiger partial charge >= 0.3 is 6.09 Å². The van der Waals surface area contributed by atoms with Crippen LogP contribution < -0.4 is 10.9 Å². The predicted molar refractivity (Wildman–Crippen MR) is 97.9 cm³/mol. The van der Waals surface area contributed by atoms with Crippen molar-refractivity contribution in [1.82, 2.24) is 10.9 Å². The van der Waals surface area contributed by atoms with Crippen LogP contribution in [0.4, 0.5) is 4.79 Å². The summed E-state index contributed by atoms with van der Waals surface area (Å²) in [7, 11) is 0. The Balaban J connectivity index is 1.73. The number of benzene rings is 2. The SMILES string of the molecule is CC(CCOC(=O)NNC(=O)c1cc(Cl)ccc1Cl)c1ccccc1. The third-order valence-corrected chi connectivity index (χ3v) is 4.17. The normalized spacial score (nSPS) is 11.5. The quantitative estimate of drug-likeness (QED) is 0.747. The van der Waals surface area contributed by atoms with E-state index in [1.165, 1.54) is 17.7 Å². The molecule has 0 saturated carbocycles. The van der Waals surface area contributed by atoms with Gasteiger partial charge in [0.05, 0.1) is 17.2 Å². The van der Waals surface area contributed by atoms with Gasteiger partial charge in [0.1, 0.15) is 0 Å². The van der Waals surface area contributed by atoms with Crippen molar-refractivity contribution in [1.29, 1.82) is 0 Å². The minimum absolute atomic E-state index is 0.159. The van der Waals surface area contributed by atoms with Gasteiger partial charge in [0, 0.05) is 5.02 Å². The van der Waals surface area contributed by atoms with Crippen LogP contribution in [0.3, 0.4) is 0 Å². The van der Waals surface area contributed by atoms with Crippen molar-refractivity contribution < 1.29 is 14.3 Å². The summed E-state index contributed by atoms with van der Waals surface area (Å²) in [6.45, 7) is 2.29. The fourth-order valence-electron chi connectivity index (χ4n) is 2.16. The molecule has 132 valence electrons. The van der Waals surface area contributed by atoms with Gasteiger partial charge < -0.3 is 4.74 Å². The van der Waals surface area contributed by atoms with Crippen LogP contribution in [-0.4, -0.2) is 18.6 Å². The van der Waals surface area contributed by atoms with Crippen molar-refractivity contribution in [3.05, 3.63) is 69.7 Å². The average Bonchev–Trinajstić information content (AvgIpc) is 2.62. The topological polar surface area (TPSA) is 67.4 Å². The number of hydrazine groups is 1. The van der Waals surface area contributed by atoms with E-state index in [9.17, 15) is 9.59 Å². The van der Waals surface area contributed by atoms with Crippen molar-refractivity contribution in [2.75, 3.05) is 6.61 Å². The highest BCUT2D eigenvalue weighted by atomic mass is 35.5. The van der Waals surface area contributed by atoms with Crippen LogP contribution >= 0.6 is 23.2 Å². The number of nitrogens with one attached hydrogen (secondary N) is 2. The number of amides is 2. The van der Waals surface area contributed by atoms with E-state index in [1.807, 2.05) is 30.3 Å². The molecule has 2 rings (SSSR count). The first-order valence-corrected chi connectivity index (χ1v) is 8.46. The third-order valence-electron chi connectivity index (χ3n) is 3.60. The highest BCUT2D eigenvalue weighted by molar-refractivity contribution is 6.35. The van der Waals surface area contributed by atoms with Gasteiger partial charge in [0.15, 0.2) is 0 Å². The van der Waals surface area contributed by atoms with Gasteiger partial charge in [-0.25, -0.2) is 10.2 Å². The molecule has 25 heavy (non-hydrogen) atoms. The molecule has 0 saturated heterocycles. The Morgan fingerprint density at radius 3 is 2.52 bits per heavy atom. The van der Waals surface area contributed by atoms with E-state index in [0.717, 1.165) is 0 Å². The molecule has 0 aliphatic heterocycles. The Labute approximate surface area is 156 Å². The summed E-state index contributed by atoms with van der Waals surface area (Å²) in [6, 6.07) is 14.4. The molecular formula is C18H18Cl2N2O3. The van der Waals surface area contributed by atoms with E-state index in [-0.39, 0.29) is 23.1 Å². The zero-order valence-electron chi connectivity index (χ0n) is 13.6. The van der Waals surface area contributed by atoms with Gasteiger partial charge in [-0.3, -0.25) is 10.2 Å². The summed E-state index contributed by atoms with van der Waals surface area (Å²) in [4.78, 5) is 23.6. The van der Waals surface area contributed by atoms with Gasteiger partial charge in [-0.15, -0.1) is 0 Å². The number of hydrogen-bond acceptors (Lipinski definition) is 3. The lowest BCUT2D eigenvalue weighted by molar-refractivity contribution is 0.0908. The van der Waals surface area contributed by atoms with E-state index >= 15 is 0 Å². The van der Waals surface area contributed by atoms with Crippen LogP contribution in [0.25, 0.3) is 0 Å². The van der Waals surface area contributed by atoms with Crippen molar-refractivity contribution in [3.63, 3.8) is 0 Å². The minimum Gasteiger partial charge on any atom is -0.448 e. The second-order valence-electron chi connectivity index (χ2n) is 5.44. The summed E-state index contributed by atoms with van der Waals surface area (Å²) in [5, 5.41) is 0.598. The van der Waals surface area contributed by atoms with Crippen LogP contribution in [0.1, 0.15) is 35.2 Å². The molecule has 0 bridgehead atoms. The maximum Gasteiger partial charge on any atom is 0.426 e. The molecule has 0 aliphatic rings. The Bertz CT molecular complexity index is 738. The molecule has 2 amide bonds. The average molecular weight is 381 g/mol. The second kappa shape index (κ2) is 9.30. The Hall–Kier alpha value is -2.24. The Morgan fingerprint density at radius 1 is 1.08 bits per heavy atom. The zero-order valence-corrected chi connectivity index (χ0v) is 15.1. The Kier molecular flexibility index (Phi) is 7.10. The number of rotatable bonds is 5. The molecule has 1 unspecified atom stereocenters. The largest absolute Gasteiger partial charge is 0.448 e. The fraction of sp³-hybridized carbons (Fsp3) is 0.222. The van der Waals surface area contributed by atoms with Gasteiger partial charge in [0.25, 0.3) is 5.91 Å². The van der Waals surface area contributed by atoms with Gasteiger partial charge in [-0.05, 0) is 36.1 Å². The van der Waals surface area contributed by atoms with E-state index in [0.29, 0.717) is 11.4 Å². The van der Waals surface area contributed by atoms with Crippen LogP contribution in [-0.2, 0) is 4.74 Å². The van der Waals surface area contributed by atoms with Gasteiger partial charge in [-0.2, -0.15) is 0 Å². The molecule has 0 fully saturated rings. The van der Waals surface area contributed by atoms with E-state index < -0.39 is 12.0 Å². The molecule has 0 heterocycles. The first-order valence-electron chi connectivity index (χ1n) is 7.70. The third kappa shape index (κ3) is 5.96. The number of carbonyl (C=O) groups excluding carboxylic acids is 2. The van der Waals surface area contributed by atoms with E-state index in [2.05, 4.69) is 17.8 Å². The lowest BCUT2D eigenvalue weighted by atomic mass is 9.98. The van der Waals surface area contributed by atoms with Gasteiger partial charge in [-0.1, -0.05) is 60.5 Å². The fourth-order valence-corrected chi connectivity index (χ4v) is 2.53. The summed E-state index contributed by atoms with van der Waals surface area (Å²) in [5.74, 6) is -0.323. The maximum atomic E-state index is 12.0. The van der Waals surface area contributed by atoms with Crippen LogP contribution in [0.5, 0.6) is 0 Å². The van der Waals surface area contributed by atoms with Crippen molar-refractivity contribution >= 4 is 35.2 Å². The van der Waals surface area contributed by atoms with Crippen molar-refractivity contribution in [2.24, 2.45) is 0 Å². The molecule has 2 aromatic rings. The van der Waals surface area contributed by atoms with E-state index in [1.54, 1.807) is 6.07 Å². The number of hydrogen-bond donors (Lipinski definition) is 2. The summed E-state index contributed by atoms with van der Waals surface area (Å²) < 4.78 is 5.05. The number of halogens is 2. The molecule has 5 nitrogen and oxygen atoms in total. The minimum atomic E-state index is -0.744. The highest BCUT2D eigenvalue weighted by Crippen LogP contribution is 2.20. The summed E-state index contributed by atoms with van der Waals surface area (Å²) in [6.07, 6.45) is -0.0716. The molecule has 2 aromatic carbocycles. The predicted octanol–water partition coefficient (Wildman–Crippen LogP) is 4.56. The van der Waals surface area contributed by atoms with E-state index in [4.69, 9.17) is 27.9 Å². The van der Waals surface area contributed by atoms with Crippen molar-refractivity contribution in [3.8, 4) is 0 Å². The molecule has 0 aromatic heterocycles. The zero-order chi connectivity index (χ0) is 18.2. The summed E-state index contributed by atoms with van der Waals surface area (Å²) >= 11 is 11.7. The van der Waals surface area contributed by atoms with Gasteiger partial charge in [0.2, 0.25) is 0 Å². The van der Waals surface area contributed by atoms with Crippen molar-refractivity contribution in [2.45, 2.75) is 19.3 Å². The molecule has 2 N–H and O–H groups in total. The Morgan fingerprint density at radius 2 is 1.80 bits per heavy atom. The molecule has 7 heteroatoms. The lowest BCUT2D eigenvalue weighted by Gasteiger charge is -2.13. The smallest absolute Gasteiger partial charge is 0.426 e. The second-order valence-corrected chi connectivity index (χ2v) is 6.28. The summed E-state index contributed by atoms with van der Waals surface area (Å²) in [5.41, 5.74) is 5.74. The van der Waals surface area contributed by atoms with Crippen LogP contribution in [0.15, 0.2) is 48.5 Å². The number of carbonyl (C=O) groups is 2.